The van der Waals surface area contributed by atoms with Crippen LogP contribution < -0.4 is 11.3 Å². The van der Waals surface area contributed by atoms with E-state index in [4.69, 9.17) is 10.3 Å². The van der Waals surface area contributed by atoms with Gasteiger partial charge < -0.3 is 4.42 Å². The van der Waals surface area contributed by atoms with Crippen LogP contribution in [0.25, 0.3) is 0 Å². The van der Waals surface area contributed by atoms with Gasteiger partial charge in [0.15, 0.2) is 5.76 Å². The maximum Gasteiger partial charge on any atom is 0.301 e. The molecule has 0 saturated carbocycles. The number of thioether (sulfide) groups is 1. The van der Waals surface area contributed by atoms with Crippen LogP contribution in [0, 0.1) is 0 Å². The molecule has 5 nitrogen and oxygen atoms in total. The summed E-state index contributed by atoms with van der Waals surface area (Å²) in [4.78, 5) is 13.7. The van der Waals surface area contributed by atoms with Crippen LogP contribution in [-0.2, 0) is 6.54 Å². The van der Waals surface area contributed by atoms with Gasteiger partial charge in [0.25, 0.3) is 0 Å². The van der Waals surface area contributed by atoms with E-state index in [1.165, 1.54) is 18.4 Å². The molecule has 2 rings (SSSR count). The molecule has 1 fully saturated rings. The zero-order chi connectivity index (χ0) is 12.3. The number of hydrogen-bond acceptors (Lipinski definition) is 5. The quantitative estimate of drug-likeness (QED) is 0.473. The monoisotopic (exact) mass is 255 g/mol. The van der Waals surface area contributed by atoms with E-state index in [9.17, 15) is 4.79 Å². The van der Waals surface area contributed by atoms with Crippen LogP contribution in [-0.4, -0.2) is 35.4 Å². The van der Waals surface area contributed by atoms with E-state index in [-0.39, 0.29) is 5.91 Å². The Morgan fingerprint density at radius 1 is 1.76 bits per heavy atom. The highest BCUT2D eigenvalue weighted by atomic mass is 32.2. The second-order valence-electron chi connectivity index (χ2n) is 4.18. The first-order valence-electron chi connectivity index (χ1n) is 5.57. The minimum absolute atomic E-state index is 0.310. The summed E-state index contributed by atoms with van der Waals surface area (Å²) in [7, 11) is 2.08. The van der Waals surface area contributed by atoms with Crippen molar-refractivity contribution >= 4 is 17.7 Å². The molecule has 1 aliphatic heterocycles. The Labute approximate surface area is 105 Å². The van der Waals surface area contributed by atoms with Gasteiger partial charge in [0.2, 0.25) is 0 Å². The van der Waals surface area contributed by atoms with E-state index < -0.39 is 0 Å². The zero-order valence-electron chi connectivity index (χ0n) is 9.81. The minimum Gasteiger partial charge on any atom is -0.459 e. The molecule has 1 amide bonds. The van der Waals surface area contributed by atoms with Crippen molar-refractivity contribution in [2.45, 2.75) is 19.0 Å². The Kier molecular flexibility index (Phi) is 4.09. The first kappa shape index (κ1) is 12.5. The molecule has 6 heteroatoms. The van der Waals surface area contributed by atoms with E-state index >= 15 is 0 Å². The first-order valence-corrected chi connectivity index (χ1v) is 6.73. The fourth-order valence-electron chi connectivity index (χ4n) is 1.99. The summed E-state index contributed by atoms with van der Waals surface area (Å²) in [5.74, 6) is 7.42. The number of nitrogens with two attached hydrogens (primary N) is 1. The van der Waals surface area contributed by atoms with Crippen molar-refractivity contribution in [2.24, 2.45) is 5.84 Å². The van der Waals surface area contributed by atoms with Crippen molar-refractivity contribution in [3.05, 3.63) is 23.7 Å². The topological polar surface area (TPSA) is 71.5 Å². The van der Waals surface area contributed by atoms with Crippen LogP contribution in [0.5, 0.6) is 0 Å². The number of rotatable bonds is 4. The average molecular weight is 255 g/mol. The Morgan fingerprint density at radius 2 is 2.59 bits per heavy atom. The number of hydrazine groups is 1. The van der Waals surface area contributed by atoms with Crippen LogP contribution in [0.15, 0.2) is 16.7 Å². The van der Waals surface area contributed by atoms with Crippen molar-refractivity contribution in [3.8, 4) is 0 Å². The maximum atomic E-state index is 11.4. The summed E-state index contributed by atoms with van der Waals surface area (Å²) in [5.41, 5.74) is 2.98. The number of nitrogen functional groups attached to an aromatic ring is 1. The maximum absolute atomic E-state index is 11.4. The molecule has 1 aromatic rings. The fraction of sp³-hybridized carbons (Fsp3) is 0.545. The van der Waals surface area contributed by atoms with Crippen molar-refractivity contribution in [1.29, 1.82) is 0 Å². The first-order chi connectivity index (χ1) is 8.22. The molecule has 1 aliphatic rings. The highest BCUT2D eigenvalue weighted by Crippen LogP contribution is 2.23. The van der Waals surface area contributed by atoms with Crippen molar-refractivity contribution in [3.63, 3.8) is 0 Å². The van der Waals surface area contributed by atoms with Gasteiger partial charge in [0.05, 0.1) is 6.26 Å². The normalized spacial score (nSPS) is 19.8. The van der Waals surface area contributed by atoms with E-state index in [1.54, 1.807) is 0 Å². The fourth-order valence-corrected chi connectivity index (χ4v) is 3.29. The van der Waals surface area contributed by atoms with Crippen molar-refractivity contribution < 1.29 is 9.21 Å². The molecule has 0 aromatic carbocycles. The van der Waals surface area contributed by atoms with E-state index in [1.807, 2.05) is 17.8 Å². The molecule has 0 radical (unpaired) electrons. The van der Waals surface area contributed by atoms with Crippen LogP contribution in [0.1, 0.15) is 22.5 Å². The van der Waals surface area contributed by atoms with Gasteiger partial charge in [0, 0.05) is 23.9 Å². The molecule has 1 atom stereocenters. The summed E-state index contributed by atoms with van der Waals surface area (Å²) in [6, 6.07) is 2.41. The Morgan fingerprint density at radius 3 is 3.24 bits per heavy atom. The number of nitrogens with one attached hydrogen (secondary N) is 1. The van der Waals surface area contributed by atoms with Gasteiger partial charge in [-0.2, -0.15) is 11.8 Å². The smallest absolute Gasteiger partial charge is 0.301 e. The minimum atomic E-state index is -0.376. The van der Waals surface area contributed by atoms with Crippen LogP contribution in [0.4, 0.5) is 0 Å². The molecule has 0 spiro atoms. The predicted octanol–water partition coefficient (Wildman–Crippen LogP) is 0.820. The number of carbonyl (C=O) groups excluding carboxylic acids is 1. The molecule has 1 saturated heterocycles. The third-order valence-electron chi connectivity index (χ3n) is 3.03. The SMILES string of the molecule is CN(Cc1ccoc1C(=O)NN)C1CCSC1. The van der Waals surface area contributed by atoms with Gasteiger partial charge in [-0.25, -0.2) is 5.84 Å². The standard InChI is InChI=1S/C11H17N3O2S/c1-14(9-3-5-17-7-9)6-8-2-4-16-10(8)11(15)13-12/h2,4,9H,3,5-7,12H2,1H3,(H,13,15). The lowest BCUT2D eigenvalue weighted by atomic mass is 10.2. The average Bonchev–Trinajstić information content (AvgIpc) is 2.98. The molecule has 0 aliphatic carbocycles. The summed E-state index contributed by atoms with van der Waals surface area (Å²) in [5, 5.41) is 0. The molecule has 1 unspecified atom stereocenters. The van der Waals surface area contributed by atoms with E-state index in [0.717, 1.165) is 11.3 Å². The molecule has 17 heavy (non-hydrogen) atoms. The largest absolute Gasteiger partial charge is 0.459 e. The van der Waals surface area contributed by atoms with Gasteiger partial charge >= 0.3 is 5.91 Å². The van der Waals surface area contributed by atoms with Crippen LogP contribution >= 0.6 is 11.8 Å². The molecular formula is C11H17N3O2S. The number of furan rings is 1. The van der Waals surface area contributed by atoms with Gasteiger partial charge in [-0.05, 0) is 25.3 Å². The lowest BCUT2D eigenvalue weighted by Gasteiger charge is -2.22. The van der Waals surface area contributed by atoms with E-state index in [2.05, 4.69) is 17.4 Å². The number of carbonyl (C=O) groups is 1. The van der Waals surface area contributed by atoms with Gasteiger partial charge in [-0.15, -0.1) is 0 Å². The van der Waals surface area contributed by atoms with Gasteiger partial charge in [-0.3, -0.25) is 15.1 Å². The molecule has 3 N–H and O–H groups in total. The predicted molar refractivity (Wildman–Crippen MR) is 67.6 cm³/mol. The third kappa shape index (κ3) is 2.83. The number of amides is 1. The number of hydrogen-bond donors (Lipinski definition) is 2. The highest BCUT2D eigenvalue weighted by Gasteiger charge is 2.22. The summed E-state index contributed by atoms with van der Waals surface area (Å²) in [6.07, 6.45) is 2.73. The summed E-state index contributed by atoms with van der Waals surface area (Å²) in [6.45, 7) is 0.713. The lowest BCUT2D eigenvalue weighted by Crippen LogP contribution is -2.33. The van der Waals surface area contributed by atoms with Gasteiger partial charge in [0.1, 0.15) is 0 Å². The summed E-state index contributed by atoms with van der Waals surface area (Å²) >= 11 is 1.97. The van der Waals surface area contributed by atoms with Crippen LogP contribution in [0.2, 0.25) is 0 Å². The van der Waals surface area contributed by atoms with Crippen molar-refractivity contribution in [2.75, 3.05) is 18.6 Å². The summed E-state index contributed by atoms with van der Waals surface area (Å²) < 4.78 is 5.16. The molecule has 2 heterocycles. The molecular weight excluding hydrogens is 238 g/mol. The Balaban J connectivity index is 2.02. The Bertz CT molecular complexity index is 388. The second-order valence-corrected chi connectivity index (χ2v) is 5.33. The third-order valence-corrected chi connectivity index (χ3v) is 4.18. The second kappa shape index (κ2) is 5.57. The molecule has 94 valence electrons. The van der Waals surface area contributed by atoms with E-state index in [0.29, 0.717) is 18.3 Å². The van der Waals surface area contributed by atoms with Gasteiger partial charge in [-0.1, -0.05) is 0 Å². The molecule has 0 bridgehead atoms. The highest BCUT2D eigenvalue weighted by molar-refractivity contribution is 7.99. The lowest BCUT2D eigenvalue weighted by molar-refractivity contribution is 0.0923. The zero-order valence-corrected chi connectivity index (χ0v) is 10.6. The Hall–Kier alpha value is -0.980. The van der Waals surface area contributed by atoms with Crippen molar-refractivity contribution in [1.82, 2.24) is 10.3 Å². The molecule has 1 aromatic heterocycles. The van der Waals surface area contributed by atoms with Crippen LogP contribution in [0.3, 0.4) is 0 Å². The number of nitrogens with zero attached hydrogens (tertiary/aromatic N) is 1.